The minimum absolute atomic E-state index is 0.0792. The molecular formula is C22H18N2O6S. The summed E-state index contributed by atoms with van der Waals surface area (Å²) in [5.41, 5.74) is 5.72. The summed E-state index contributed by atoms with van der Waals surface area (Å²) in [4.78, 5) is 24.8. The van der Waals surface area contributed by atoms with Crippen molar-refractivity contribution >= 4 is 32.6 Å². The fourth-order valence-corrected chi connectivity index (χ4v) is 4.37. The van der Waals surface area contributed by atoms with Crippen molar-refractivity contribution in [1.82, 2.24) is 10.9 Å². The van der Waals surface area contributed by atoms with Crippen LogP contribution in [0.2, 0.25) is 0 Å². The highest BCUT2D eigenvalue weighted by molar-refractivity contribution is 7.90. The molecule has 0 aliphatic rings. The molecule has 0 aliphatic heterocycles. The highest BCUT2D eigenvalue weighted by Crippen LogP contribution is 2.24. The van der Waals surface area contributed by atoms with E-state index in [0.29, 0.717) is 11.1 Å². The summed E-state index contributed by atoms with van der Waals surface area (Å²) < 4.78 is 35.8. The molecule has 4 rings (SSSR count). The molecule has 2 heterocycles. The number of sulfone groups is 1. The standard InChI is InChI=1S/C22H18N2O6S/c1-14-17-9-5-6-10-18(17)30-20(14)22(26)24-23-21(25)19-12-11-15(29-19)13-31(27,28)16-7-3-2-4-8-16/h2-12H,13H2,1H3,(H,23,25)(H,24,26). The van der Waals surface area contributed by atoms with E-state index in [9.17, 15) is 18.0 Å². The van der Waals surface area contributed by atoms with Crippen LogP contribution in [0.3, 0.4) is 0 Å². The predicted molar refractivity (Wildman–Crippen MR) is 112 cm³/mol. The normalized spacial score (nSPS) is 11.4. The first-order valence-corrected chi connectivity index (χ1v) is 11.0. The zero-order valence-corrected chi connectivity index (χ0v) is 17.2. The van der Waals surface area contributed by atoms with Crippen molar-refractivity contribution in [3.8, 4) is 0 Å². The van der Waals surface area contributed by atoms with Crippen LogP contribution in [0.15, 0.2) is 80.5 Å². The third-order valence-electron chi connectivity index (χ3n) is 4.66. The molecule has 2 amide bonds. The van der Waals surface area contributed by atoms with E-state index in [2.05, 4.69) is 10.9 Å². The molecule has 9 heteroatoms. The summed E-state index contributed by atoms with van der Waals surface area (Å²) in [7, 11) is -3.61. The number of rotatable bonds is 5. The van der Waals surface area contributed by atoms with Crippen LogP contribution in [-0.2, 0) is 15.6 Å². The lowest BCUT2D eigenvalue weighted by Crippen LogP contribution is -2.41. The molecule has 31 heavy (non-hydrogen) atoms. The number of hydrogen-bond donors (Lipinski definition) is 2. The molecule has 8 nitrogen and oxygen atoms in total. The Bertz CT molecular complexity index is 1370. The number of para-hydroxylation sites is 1. The van der Waals surface area contributed by atoms with Gasteiger partial charge in [-0.2, -0.15) is 0 Å². The van der Waals surface area contributed by atoms with Crippen molar-refractivity contribution < 1.29 is 26.8 Å². The van der Waals surface area contributed by atoms with Gasteiger partial charge in [0.15, 0.2) is 21.4 Å². The number of benzene rings is 2. The molecule has 0 radical (unpaired) electrons. The number of hydrazine groups is 1. The van der Waals surface area contributed by atoms with Gasteiger partial charge in [-0.3, -0.25) is 20.4 Å². The number of furan rings is 2. The Balaban J connectivity index is 1.41. The van der Waals surface area contributed by atoms with Gasteiger partial charge in [-0.15, -0.1) is 0 Å². The fraction of sp³-hybridized carbons (Fsp3) is 0.0909. The molecule has 0 saturated heterocycles. The molecule has 0 unspecified atom stereocenters. The first-order chi connectivity index (χ1) is 14.8. The van der Waals surface area contributed by atoms with Gasteiger partial charge in [0.1, 0.15) is 17.1 Å². The SMILES string of the molecule is Cc1c(C(=O)NNC(=O)c2ccc(CS(=O)(=O)c3ccccc3)o2)oc2ccccc12. The van der Waals surface area contributed by atoms with Gasteiger partial charge in [0.25, 0.3) is 0 Å². The van der Waals surface area contributed by atoms with E-state index in [1.165, 1.54) is 24.3 Å². The van der Waals surface area contributed by atoms with Crippen molar-refractivity contribution in [3.05, 3.63) is 89.6 Å². The summed E-state index contributed by atoms with van der Waals surface area (Å²) in [5.74, 6) is -1.70. The van der Waals surface area contributed by atoms with Crippen LogP contribution in [0.4, 0.5) is 0 Å². The van der Waals surface area contributed by atoms with E-state index in [-0.39, 0.29) is 22.2 Å². The maximum atomic E-state index is 12.4. The van der Waals surface area contributed by atoms with Gasteiger partial charge in [-0.1, -0.05) is 36.4 Å². The summed E-state index contributed by atoms with van der Waals surface area (Å²) >= 11 is 0. The average molecular weight is 438 g/mol. The number of hydrogen-bond acceptors (Lipinski definition) is 6. The van der Waals surface area contributed by atoms with Gasteiger partial charge < -0.3 is 8.83 Å². The van der Waals surface area contributed by atoms with E-state index in [1.54, 1.807) is 37.3 Å². The van der Waals surface area contributed by atoms with Gasteiger partial charge in [-0.25, -0.2) is 8.42 Å². The van der Waals surface area contributed by atoms with Crippen molar-refractivity contribution in [2.24, 2.45) is 0 Å². The number of nitrogens with one attached hydrogen (secondary N) is 2. The quantitative estimate of drug-likeness (QED) is 0.461. The van der Waals surface area contributed by atoms with Gasteiger partial charge in [0.2, 0.25) is 0 Å². The van der Waals surface area contributed by atoms with Crippen LogP contribution in [0.25, 0.3) is 11.0 Å². The minimum Gasteiger partial charge on any atom is -0.455 e. The molecule has 0 bridgehead atoms. The van der Waals surface area contributed by atoms with E-state index in [1.807, 2.05) is 12.1 Å². The fourth-order valence-electron chi connectivity index (χ4n) is 3.10. The van der Waals surface area contributed by atoms with Crippen molar-refractivity contribution in [2.45, 2.75) is 17.6 Å². The van der Waals surface area contributed by atoms with Gasteiger partial charge >= 0.3 is 11.8 Å². The highest BCUT2D eigenvalue weighted by atomic mass is 32.2. The second kappa shape index (κ2) is 8.11. The zero-order chi connectivity index (χ0) is 22.0. The minimum atomic E-state index is -3.61. The molecule has 0 atom stereocenters. The number of carbonyl (C=O) groups is 2. The topological polar surface area (TPSA) is 119 Å². The van der Waals surface area contributed by atoms with E-state index in [0.717, 1.165) is 5.39 Å². The lowest BCUT2D eigenvalue weighted by atomic mass is 10.1. The number of fused-ring (bicyclic) bond motifs is 1. The van der Waals surface area contributed by atoms with E-state index in [4.69, 9.17) is 8.83 Å². The van der Waals surface area contributed by atoms with Crippen molar-refractivity contribution in [2.75, 3.05) is 0 Å². The molecule has 0 aliphatic carbocycles. The Morgan fingerprint density at radius 1 is 0.839 bits per heavy atom. The Labute approximate surface area is 177 Å². The van der Waals surface area contributed by atoms with Gasteiger partial charge in [0.05, 0.1) is 4.90 Å². The number of carbonyl (C=O) groups excluding carboxylic acids is 2. The van der Waals surface area contributed by atoms with Crippen LogP contribution in [0.5, 0.6) is 0 Å². The molecule has 2 aromatic carbocycles. The van der Waals surface area contributed by atoms with Crippen LogP contribution in [-0.4, -0.2) is 20.2 Å². The smallest absolute Gasteiger partial charge is 0.305 e. The van der Waals surface area contributed by atoms with Crippen LogP contribution < -0.4 is 10.9 Å². The Morgan fingerprint density at radius 3 is 2.26 bits per heavy atom. The average Bonchev–Trinajstić information content (AvgIpc) is 3.37. The molecule has 0 spiro atoms. The Hall–Kier alpha value is -3.85. The second-order valence-electron chi connectivity index (χ2n) is 6.80. The molecule has 2 N–H and O–H groups in total. The highest BCUT2D eigenvalue weighted by Gasteiger charge is 2.21. The molecule has 158 valence electrons. The lowest BCUT2D eigenvalue weighted by molar-refractivity contribution is 0.0817. The Kier molecular flexibility index (Phi) is 5.35. The third-order valence-corrected chi connectivity index (χ3v) is 6.31. The number of aryl methyl sites for hydroxylation is 1. The maximum absolute atomic E-state index is 12.4. The van der Waals surface area contributed by atoms with E-state index >= 15 is 0 Å². The van der Waals surface area contributed by atoms with Gasteiger partial charge in [0, 0.05) is 10.9 Å². The molecule has 0 saturated carbocycles. The Morgan fingerprint density at radius 2 is 1.52 bits per heavy atom. The van der Waals surface area contributed by atoms with E-state index < -0.39 is 27.4 Å². The second-order valence-corrected chi connectivity index (χ2v) is 8.79. The number of amides is 2. The monoisotopic (exact) mass is 438 g/mol. The summed E-state index contributed by atoms with van der Waals surface area (Å²) in [6, 6.07) is 17.9. The first-order valence-electron chi connectivity index (χ1n) is 9.30. The summed E-state index contributed by atoms with van der Waals surface area (Å²) in [5, 5.41) is 0.800. The molecular weight excluding hydrogens is 420 g/mol. The van der Waals surface area contributed by atoms with Crippen molar-refractivity contribution in [1.29, 1.82) is 0 Å². The lowest BCUT2D eigenvalue weighted by Gasteiger charge is -2.05. The predicted octanol–water partition coefficient (Wildman–Crippen LogP) is 3.38. The molecule has 2 aromatic heterocycles. The molecule has 4 aromatic rings. The maximum Gasteiger partial charge on any atom is 0.305 e. The van der Waals surface area contributed by atoms with Crippen LogP contribution >= 0.6 is 0 Å². The molecule has 0 fully saturated rings. The van der Waals surface area contributed by atoms with Gasteiger partial charge in [-0.05, 0) is 37.3 Å². The van der Waals surface area contributed by atoms with Crippen LogP contribution in [0.1, 0.15) is 32.4 Å². The summed E-state index contributed by atoms with van der Waals surface area (Å²) in [6.45, 7) is 1.74. The largest absolute Gasteiger partial charge is 0.455 e. The third kappa shape index (κ3) is 4.22. The van der Waals surface area contributed by atoms with Crippen LogP contribution in [0, 0.1) is 6.92 Å². The summed E-state index contributed by atoms with van der Waals surface area (Å²) in [6.07, 6.45) is 0. The first kappa shape index (κ1) is 20.4. The van der Waals surface area contributed by atoms with Crippen molar-refractivity contribution in [3.63, 3.8) is 0 Å². The zero-order valence-electron chi connectivity index (χ0n) is 16.4.